The molecule has 0 spiro atoms. The van der Waals surface area contributed by atoms with Crippen molar-refractivity contribution in [2.24, 2.45) is 0 Å². The SMILES string of the molecule is O=C(O)N1CCC(c2ccc(Nc3nc(-c4ccccc4Oc4ccccc4)cc4cc[nH]c(=O)c34)cc2)CC1. The molecule has 0 atom stereocenters. The molecule has 0 aliphatic carbocycles. The highest BCUT2D eigenvalue weighted by atomic mass is 16.5. The molecule has 2 aromatic heterocycles. The molecule has 1 fully saturated rings. The third kappa shape index (κ3) is 5.24. The van der Waals surface area contributed by atoms with Crippen LogP contribution < -0.4 is 15.6 Å². The third-order valence-electron chi connectivity index (χ3n) is 7.30. The molecule has 3 N–H and O–H groups in total. The van der Waals surface area contributed by atoms with Gasteiger partial charge in [-0.05, 0) is 78.2 Å². The lowest BCUT2D eigenvalue weighted by Gasteiger charge is -2.30. The summed E-state index contributed by atoms with van der Waals surface area (Å²) in [6.07, 6.45) is 2.37. The lowest BCUT2D eigenvalue weighted by atomic mass is 9.89. The van der Waals surface area contributed by atoms with E-state index < -0.39 is 6.09 Å². The van der Waals surface area contributed by atoms with E-state index in [-0.39, 0.29) is 5.56 Å². The van der Waals surface area contributed by atoms with Crippen LogP contribution in [-0.2, 0) is 0 Å². The van der Waals surface area contributed by atoms with Gasteiger partial charge in [0, 0.05) is 30.5 Å². The van der Waals surface area contributed by atoms with Crippen LogP contribution in [0.1, 0.15) is 24.3 Å². The van der Waals surface area contributed by atoms with Crippen molar-refractivity contribution in [2.75, 3.05) is 18.4 Å². The zero-order chi connectivity index (χ0) is 27.5. The number of hydrogen-bond acceptors (Lipinski definition) is 5. The molecule has 8 nitrogen and oxygen atoms in total. The summed E-state index contributed by atoms with van der Waals surface area (Å²) in [6.45, 7) is 1.09. The van der Waals surface area contributed by atoms with Crippen LogP contribution in [0, 0.1) is 0 Å². The van der Waals surface area contributed by atoms with Gasteiger partial charge in [-0.1, -0.05) is 42.5 Å². The van der Waals surface area contributed by atoms with E-state index in [1.54, 1.807) is 6.20 Å². The molecule has 1 aliphatic rings. The van der Waals surface area contributed by atoms with Crippen molar-refractivity contribution < 1.29 is 14.6 Å². The molecule has 3 heterocycles. The van der Waals surface area contributed by atoms with Gasteiger partial charge in [0.15, 0.2) is 0 Å². The van der Waals surface area contributed by atoms with E-state index >= 15 is 0 Å². The Hall–Kier alpha value is -5.11. The number of amides is 1. The Morgan fingerprint density at radius 1 is 0.950 bits per heavy atom. The van der Waals surface area contributed by atoms with Crippen molar-refractivity contribution in [2.45, 2.75) is 18.8 Å². The number of H-pyrrole nitrogens is 1. The highest BCUT2D eigenvalue weighted by Crippen LogP contribution is 2.35. The summed E-state index contributed by atoms with van der Waals surface area (Å²) >= 11 is 0. The predicted molar refractivity (Wildman–Crippen MR) is 156 cm³/mol. The van der Waals surface area contributed by atoms with Gasteiger partial charge in [0.05, 0.1) is 11.1 Å². The average molecular weight is 533 g/mol. The summed E-state index contributed by atoms with van der Waals surface area (Å²) in [5.74, 6) is 2.15. The van der Waals surface area contributed by atoms with Crippen molar-refractivity contribution in [3.63, 3.8) is 0 Å². The quantitative estimate of drug-likeness (QED) is 0.218. The van der Waals surface area contributed by atoms with Crippen molar-refractivity contribution in [1.29, 1.82) is 0 Å². The number of nitrogens with zero attached hydrogens (tertiary/aromatic N) is 2. The second kappa shape index (κ2) is 10.9. The van der Waals surface area contributed by atoms with Crippen molar-refractivity contribution >= 4 is 28.4 Å². The van der Waals surface area contributed by atoms with Gasteiger partial charge in [-0.15, -0.1) is 0 Å². The van der Waals surface area contributed by atoms with E-state index in [1.807, 2.05) is 78.9 Å². The van der Waals surface area contributed by atoms with Crippen LogP contribution in [0.15, 0.2) is 102 Å². The Morgan fingerprint density at radius 3 is 2.42 bits per heavy atom. The molecule has 1 saturated heterocycles. The fourth-order valence-corrected chi connectivity index (χ4v) is 5.20. The first-order valence-corrected chi connectivity index (χ1v) is 13.2. The van der Waals surface area contributed by atoms with Crippen LogP contribution in [0.2, 0.25) is 0 Å². The number of hydrogen-bond donors (Lipinski definition) is 3. The molecule has 0 saturated carbocycles. The maximum Gasteiger partial charge on any atom is 0.407 e. The second-order valence-corrected chi connectivity index (χ2v) is 9.83. The number of nitrogens with one attached hydrogen (secondary N) is 2. The van der Waals surface area contributed by atoms with Crippen LogP contribution in [0.25, 0.3) is 22.0 Å². The number of para-hydroxylation sites is 2. The highest BCUT2D eigenvalue weighted by Gasteiger charge is 2.23. The number of likely N-dealkylation sites (tertiary alicyclic amines) is 1. The molecule has 0 radical (unpaired) electrons. The maximum atomic E-state index is 12.9. The van der Waals surface area contributed by atoms with E-state index in [0.29, 0.717) is 41.7 Å². The van der Waals surface area contributed by atoms with Crippen molar-refractivity contribution in [3.05, 3.63) is 113 Å². The number of benzene rings is 3. The molecular weight excluding hydrogens is 504 g/mol. The molecule has 1 amide bonds. The summed E-state index contributed by atoms with van der Waals surface area (Å²) in [4.78, 5) is 33.2. The standard InChI is InChI=1S/C32H28N4O4/c37-31-29-23(14-17-33-31)20-27(26-8-4-5-9-28(26)40-25-6-2-1-3-7-25)35-30(29)34-24-12-10-21(11-13-24)22-15-18-36(19-16-22)32(38)39/h1-14,17,20,22H,15-16,18-19H2,(H,33,37)(H,34,35)(H,38,39). The van der Waals surface area contributed by atoms with E-state index in [9.17, 15) is 14.7 Å². The van der Waals surface area contributed by atoms with E-state index in [4.69, 9.17) is 9.72 Å². The van der Waals surface area contributed by atoms with Gasteiger partial charge in [0.25, 0.3) is 5.56 Å². The Labute approximate surface area is 230 Å². The van der Waals surface area contributed by atoms with Gasteiger partial charge >= 0.3 is 6.09 Å². The van der Waals surface area contributed by atoms with E-state index in [1.165, 1.54) is 10.5 Å². The number of aromatic amines is 1. The largest absolute Gasteiger partial charge is 0.465 e. The molecule has 6 rings (SSSR count). The van der Waals surface area contributed by atoms with Gasteiger partial charge in [-0.3, -0.25) is 4.79 Å². The molecule has 200 valence electrons. The lowest BCUT2D eigenvalue weighted by molar-refractivity contribution is 0.132. The minimum Gasteiger partial charge on any atom is -0.465 e. The first-order chi connectivity index (χ1) is 19.5. The first kappa shape index (κ1) is 25.2. The van der Waals surface area contributed by atoms with Gasteiger partial charge in [0.2, 0.25) is 0 Å². The Bertz CT molecular complexity index is 1710. The van der Waals surface area contributed by atoms with Crippen molar-refractivity contribution in [1.82, 2.24) is 14.9 Å². The van der Waals surface area contributed by atoms with Crippen LogP contribution in [0.3, 0.4) is 0 Å². The number of carbonyl (C=O) groups is 1. The van der Waals surface area contributed by atoms with Gasteiger partial charge in [-0.25, -0.2) is 9.78 Å². The minimum absolute atomic E-state index is 0.227. The van der Waals surface area contributed by atoms with Crippen LogP contribution in [0.4, 0.5) is 16.3 Å². The zero-order valence-corrected chi connectivity index (χ0v) is 21.7. The molecular formula is C32H28N4O4. The van der Waals surface area contributed by atoms with E-state index in [0.717, 1.165) is 35.2 Å². The number of ether oxygens (including phenoxy) is 1. The second-order valence-electron chi connectivity index (χ2n) is 9.83. The number of fused-ring (bicyclic) bond motifs is 1. The zero-order valence-electron chi connectivity index (χ0n) is 21.7. The van der Waals surface area contributed by atoms with Crippen LogP contribution in [0.5, 0.6) is 11.5 Å². The smallest absolute Gasteiger partial charge is 0.407 e. The summed E-state index contributed by atoms with van der Waals surface area (Å²) in [6, 6.07) is 29.1. The monoisotopic (exact) mass is 532 g/mol. The number of piperidine rings is 1. The molecule has 0 bridgehead atoms. The number of pyridine rings is 2. The van der Waals surface area contributed by atoms with Crippen LogP contribution >= 0.6 is 0 Å². The summed E-state index contributed by atoms with van der Waals surface area (Å²) in [5.41, 5.74) is 3.23. The van der Waals surface area contributed by atoms with Gasteiger partial charge < -0.3 is 25.0 Å². The summed E-state index contributed by atoms with van der Waals surface area (Å²) in [7, 11) is 0. The fourth-order valence-electron chi connectivity index (χ4n) is 5.20. The predicted octanol–water partition coefficient (Wildman–Crippen LogP) is 6.98. The molecule has 40 heavy (non-hydrogen) atoms. The van der Waals surface area contributed by atoms with E-state index in [2.05, 4.69) is 22.4 Å². The van der Waals surface area contributed by atoms with Crippen LogP contribution in [-0.4, -0.2) is 39.2 Å². The third-order valence-corrected chi connectivity index (χ3v) is 7.30. The first-order valence-electron chi connectivity index (χ1n) is 13.2. The molecule has 8 heteroatoms. The molecule has 0 unspecified atom stereocenters. The number of rotatable bonds is 6. The van der Waals surface area contributed by atoms with Crippen molar-refractivity contribution in [3.8, 4) is 22.8 Å². The topological polar surface area (TPSA) is 108 Å². The molecule has 5 aromatic rings. The normalized spacial score (nSPS) is 13.8. The number of anilines is 2. The average Bonchev–Trinajstić information content (AvgIpc) is 2.98. The Kier molecular flexibility index (Phi) is 6.89. The number of aromatic nitrogens is 2. The maximum absolute atomic E-state index is 12.9. The Morgan fingerprint density at radius 2 is 1.68 bits per heavy atom. The molecule has 3 aromatic carbocycles. The highest BCUT2D eigenvalue weighted by molar-refractivity contribution is 5.95. The Balaban J connectivity index is 1.32. The minimum atomic E-state index is -0.857. The lowest BCUT2D eigenvalue weighted by Crippen LogP contribution is -2.36. The fraction of sp³-hybridized carbons (Fsp3) is 0.156. The summed E-state index contributed by atoms with van der Waals surface area (Å²) < 4.78 is 6.18. The number of carboxylic acid groups (broad SMARTS) is 1. The summed E-state index contributed by atoms with van der Waals surface area (Å²) in [5, 5.41) is 13.8. The van der Waals surface area contributed by atoms with Gasteiger partial charge in [0.1, 0.15) is 17.3 Å². The molecule has 1 aliphatic heterocycles. The van der Waals surface area contributed by atoms with Gasteiger partial charge in [-0.2, -0.15) is 0 Å².